The van der Waals surface area contributed by atoms with Gasteiger partial charge in [-0.05, 0) is 25.1 Å². The average Bonchev–Trinajstić information content (AvgIpc) is 2.48. The van der Waals surface area contributed by atoms with E-state index in [1.165, 1.54) is 0 Å². The number of fused-ring (bicyclic) bond motifs is 2. The lowest BCUT2D eigenvalue weighted by molar-refractivity contribution is -0.120. The van der Waals surface area contributed by atoms with E-state index in [0.29, 0.717) is 6.04 Å². The first-order valence-corrected chi connectivity index (χ1v) is 6.11. The number of para-hydroxylation sites is 2. The number of carbonyl (C=O) groups excluding carboxylic acids is 1. The SMILES string of the molecule is CN1c2ccccc2NC(=O)C2CNCCC21. The minimum atomic E-state index is 0.0427. The molecule has 0 bridgehead atoms. The normalized spacial score (nSPS) is 27.8. The molecule has 0 radical (unpaired) electrons. The standard InChI is InChI=1S/C13H17N3O/c1-16-11-6-7-14-8-9(11)13(17)15-10-4-2-3-5-12(10)16/h2-5,9,11,14H,6-8H2,1H3,(H,15,17). The van der Waals surface area contributed by atoms with Gasteiger partial charge in [-0.15, -0.1) is 0 Å². The summed E-state index contributed by atoms with van der Waals surface area (Å²) in [5.41, 5.74) is 2.05. The molecule has 0 aliphatic carbocycles. The van der Waals surface area contributed by atoms with Crippen molar-refractivity contribution in [2.45, 2.75) is 12.5 Å². The summed E-state index contributed by atoms with van der Waals surface area (Å²) < 4.78 is 0. The highest BCUT2D eigenvalue weighted by Gasteiger charge is 2.36. The van der Waals surface area contributed by atoms with E-state index in [4.69, 9.17) is 0 Å². The fourth-order valence-corrected chi connectivity index (χ4v) is 2.87. The van der Waals surface area contributed by atoms with Gasteiger partial charge in [0.15, 0.2) is 0 Å². The second-order valence-electron chi connectivity index (χ2n) is 4.78. The van der Waals surface area contributed by atoms with Gasteiger partial charge in [0.05, 0.1) is 17.3 Å². The van der Waals surface area contributed by atoms with Gasteiger partial charge in [-0.3, -0.25) is 4.79 Å². The molecule has 2 N–H and O–H groups in total. The van der Waals surface area contributed by atoms with Gasteiger partial charge >= 0.3 is 0 Å². The lowest BCUT2D eigenvalue weighted by Gasteiger charge is -2.36. The predicted octanol–water partition coefficient (Wildman–Crippen LogP) is 1.05. The van der Waals surface area contributed by atoms with Crippen molar-refractivity contribution in [3.05, 3.63) is 24.3 Å². The van der Waals surface area contributed by atoms with Crippen LogP contribution in [0.2, 0.25) is 0 Å². The highest BCUT2D eigenvalue weighted by atomic mass is 16.2. The van der Waals surface area contributed by atoms with Crippen LogP contribution in [0.4, 0.5) is 11.4 Å². The van der Waals surface area contributed by atoms with Crippen LogP contribution in [0.5, 0.6) is 0 Å². The topological polar surface area (TPSA) is 44.4 Å². The Bertz CT molecular complexity index is 446. The molecule has 1 aromatic rings. The van der Waals surface area contributed by atoms with Gasteiger partial charge in [0.1, 0.15) is 0 Å². The van der Waals surface area contributed by atoms with Crippen molar-refractivity contribution in [3.63, 3.8) is 0 Å². The minimum absolute atomic E-state index is 0.0427. The summed E-state index contributed by atoms with van der Waals surface area (Å²) in [6.45, 7) is 1.76. The van der Waals surface area contributed by atoms with Crippen molar-refractivity contribution in [2.75, 3.05) is 30.4 Å². The molecular formula is C13H17N3O. The smallest absolute Gasteiger partial charge is 0.230 e. The molecule has 2 unspecified atom stereocenters. The van der Waals surface area contributed by atoms with Gasteiger partial charge in [-0.2, -0.15) is 0 Å². The molecule has 0 saturated carbocycles. The second-order valence-corrected chi connectivity index (χ2v) is 4.78. The molecule has 2 aliphatic rings. The molecule has 2 heterocycles. The minimum Gasteiger partial charge on any atom is -0.369 e. The number of nitrogens with zero attached hydrogens (tertiary/aromatic N) is 1. The summed E-state index contributed by atoms with van der Waals surface area (Å²) in [5, 5.41) is 6.33. The van der Waals surface area contributed by atoms with Gasteiger partial charge < -0.3 is 15.5 Å². The maximum absolute atomic E-state index is 12.2. The fourth-order valence-electron chi connectivity index (χ4n) is 2.87. The second kappa shape index (κ2) is 4.04. The summed E-state index contributed by atoms with van der Waals surface area (Å²) in [7, 11) is 2.09. The van der Waals surface area contributed by atoms with Crippen molar-refractivity contribution >= 4 is 17.3 Å². The Kier molecular flexibility index (Phi) is 2.52. The predicted molar refractivity (Wildman–Crippen MR) is 68.2 cm³/mol. The van der Waals surface area contributed by atoms with E-state index in [2.05, 4.69) is 28.6 Å². The van der Waals surface area contributed by atoms with Gasteiger partial charge in [0.2, 0.25) is 5.91 Å². The van der Waals surface area contributed by atoms with E-state index in [0.717, 1.165) is 30.9 Å². The molecule has 4 heteroatoms. The van der Waals surface area contributed by atoms with Crippen molar-refractivity contribution in [1.29, 1.82) is 0 Å². The molecule has 0 aromatic heterocycles. The zero-order valence-corrected chi connectivity index (χ0v) is 9.94. The van der Waals surface area contributed by atoms with Gasteiger partial charge in [-0.1, -0.05) is 12.1 Å². The lowest BCUT2D eigenvalue weighted by atomic mass is 9.92. The van der Waals surface area contributed by atoms with Crippen LogP contribution in [0.1, 0.15) is 6.42 Å². The maximum atomic E-state index is 12.2. The largest absolute Gasteiger partial charge is 0.369 e. The third kappa shape index (κ3) is 1.69. The Labute approximate surface area is 101 Å². The highest BCUT2D eigenvalue weighted by molar-refractivity contribution is 5.98. The van der Waals surface area contributed by atoms with Crippen LogP contribution >= 0.6 is 0 Å². The molecular weight excluding hydrogens is 214 g/mol. The molecule has 1 amide bonds. The number of hydrogen-bond donors (Lipinski definition) is 2. The Morgan fingerprint density at radius 2 is 2.18 bits per heavy atom. The summed E-state index contributed by atoms with van der Waals surface area (Å²) in [4.78, 5) is 14.4. The number of anilines is 2. The van der Waals surface area contributed by atoms with Gasteiger partial charge in [-0.25, -0.2) is 0 Å². The van der Waals surface area contributed by atoms with E-state index in [1.807, 2.05) is 18.2 Å². The Balaban J connectivity index is 2.04. The Hall–Kier alpha value is -1.55. The van der Waals surface area contributed by atoms with Crippen LogP contribution in [0.3, 0.4) is 0 Å². The Morgan fingerprint density at radius 1 is 1.35 bits per heavy atom. The van der Waals surface area contributed by atoms with E-state index < -0.39 is 0 Å². The van der Waals surface area contributed by atoms with Gasteiger partial charge in [0.25, 0.3) is 0 Å². The summed E-state index contributed by atoms with van der Waals surface area (Å²) in [6.07, 6.45) is 1.02. The number of hydrogen-bond acceptors (Lipinski definition) is 3. The molecule has 2 atom stereocenters. The first-order valence-electron chi connectivity index (χ1n) is 6.11. The maximum Gasteiger partial charge on any atom is 0.230 e. The molecule has 1 aromatic carbocycles. The van der Waals surface area contributed by atoms with E-state index in [9.17, 15) is 4.79 Å². The molecule has 4 nitrogen and oxygen atoms in total. The number of piperidine rings is 1. The Morgan fingerprint density at radius 3 is 3.06 bits per heavy atom. The summed E-state index contributed by atoms with van der Waals surface area (Å²) >= 11 is 0. The molecule has 1 saturated heterocycles. The van der Waals surface area contributed by atoms with Crippen LogP contribution < -0.4 is 15.5 Å². The molecule has 0 spiro atoms. The van der Waals surface area contributed by atoms with E-state index >= 15 is 0 Å². The third-order valence-corrected chi connectivity index (χ3v) is 3.82. The van der Waals surface area contributed by atoms with Crippen LogP contribution in [-0.2, 0) is 4.79 Å². The first-order chi connectivity index (χ1) is 8.27. The fraction of sp³-hybridized carbons (Fsp3) is 0.462. The molecule has 90 valence electrons. The van der Waals surface area contributed by atoms with Crippen molar-refractivity contribution in [2.24, 2.45) is 5.92 Å². The van der Waals surface area contributed by atoms with Crippen molar-refractivity contribution < 1.29 is 4.79 Å². The highest BCUT2D eigenvalue weighted by Crippen LogP contribution is 2.33. The number of rotatable bonds is 0. The van der Waals surface area contributed by atoms with Crippen molar-refractivity contribution in [3.8, 4) is 0 Å². The third-order valence-electron chi connectivity index (χ3n) is 3.82. The zero-order chi connectivity index (χ0) is 11.8. The monoisotopic (exact) mass is 231 g/mol. The van der Waals surface area contributed by atoms with Crippen LogP contribution in [0.25, 0.3) is 0 Å². The average molecular weight is 231 g/mol. The molecule has 2 aliphatic heterocycles. The van der Waals surface area contributed by atoms with Crippen LogP contribution in [0, 0.1) is 5.92 Å². The zero-order valence-electron chi connectivity index (χ0n) is 9.94. The van der Waals surface area contributed by atoms with E-state index in [-0.39, 0.29) is 11.8 Å². The van der Waals surface area contributed by atoms with Gasteiger partial charge in [0, 0.05) is 19.6 Å². The first kappa shape index (κ1) is 10.6. The molecule has 1 fully saturated rings. The quantitative estimate of drug-likeness (QED) is 0.701. The number of benzene rings is 1. The van der Waals surface area contributed by atoms with Crippen molar-refractivity contribution in [1.82, 2.24) is 5.32 Å². The van der Waals surface area contributed by atoms with E-state index in [1.54, 1.807) is 0 Å². The summed E-state index contributed by atoms with van der Waals surface area (Å²) in [6, 6.07) is 8.32. The molecule has 3 rings (SSSR count). The number of carbonyl (C=O) groups is 1. The summed E-state index contributed by atoms with van der Waals surface area (Å²) in [5.74, 6) is 0.181. The van der Waals surface area contributed by atoms with Crippen LogP contribution in [-0.4, -0.2) is 32.1 Å². The molecule has 17 heavy (non-hydrogen) atoms. The van der Waals surface area contributed by atoms with Crippen LogP contribution in [0.15, 0.2) is 24.3 Å². The number of nitrogens with one attached hydrogen (secondary N) is 2. The lowest BCUT2D eigenvalue weighted by Crippen LogP contribution is -2.51. The number of amides is 1.